The fourth-order valence-electron chi connectivity index (χ4n) is 2.03. The van der Waals surface area contributed by atoms with Crippen LogP contribution in [-0.2, 0) is 6.54 Å². The monoisotopic (exact) mass is 267 g/mol. The Morgan fingerprint density at radius 3 is 2.83 bits per heavy atom. The zero-order valence-corrected chi connectivity index (χ0v) is 11.1. The minimum absolute atomic E-state index is 0.0979. The van der Waals surface area contributed by atoms with E-state index in [1.807, 2.05) is 30.8 Å². The van der Waals surface area contributed by atoms with Crippen molar-refractivity contribution in [2.24, 2.45) is 0 Å². The van der Waals surface area contributed by atoms with Crippen molar-refractivity contribution in [1.82, 2.24) is 15.1 Å². The van der Waals surface area contributed by atoms with Gasteiger partial charge in [-0.3, -0.25) is 4.68 Å². The van der Waals surface area contributed by atoms with Gasteiger partial charge in [0.2, 0.25) is 0 Å². The maximum Gasteiger partial charge on any atom is 0.142 e. The number of hydrogen-bond donors (Lipinski definition) is 1. The fourth-order valence-corrected chi connectivity index (χ4v) is 2.15. The van der Waals surface area contributed by atoms with Gasteiger partial charge in [0.25, 0.3) is 0 Å². The number of benzene rings is 1. The lowest BCUT2D eigenvalue weighted by molar-refractivity contribution is 0.558. The summed E-state index contributed by atoms with van der Waals surface area (Å²) >= 11 is 5.70. The number of halogens is 2. The van der Waals surface area contributed by atoms with Crippen LogP contribution in [0.15, 0.2) is 30.5 Å². The molecular formula is C13H15ClFN3. The highest BCUT2D eigenvalue weighted by atomic mass is 35.5. The van der Waals surface area contributed by atoms with Gasteiger partial charge in [0.15, 0.2) is 0 Å². The Balaban J connectivity index is 2.42. The van der Waals surface area contributed by atoms with E-state index in [1.54, 1.807) is 12.3 Å². The number of aromatic nitrogens is 2. The molecule has 0 aliphatic rings. The third-order valence-corrected chi connectivity index (χ3v) is 3.22. The molecule has 3 nitrogen and oxygen atoms in total. The molecule has 0 fully saturated rings. The van der Waals surface area contributed by atoms with Crippen molar-refractivity contribution < 1.29 is 4.39 Å². The summed E-state index contributed by atoms with van der Waals surface area (Å²) in [7, 11) is 1.84. The SMILES string of the molecule is CCn1nccc1C(NC)c1ccc(Cl)c(F)c1. The summed E-state index contributed by atoms with van der Waals surface area (Å²) in [5.74, 6) is -0.406. The van der Waals surface area contributed by atoms with Crippen molar-refractivity contribution in [3.63, 3.8) is 0 Å². The van der Waals surface area contributed by atoms with Crippen LogP contribution in [0.4, 0.5) is 4.39 Å². The second-order valence-electron chi connectivity index (χ2n) is 3.97. The molecule has 1 N–H and O–H groups in total. The van der Waals surface area contributed by atoms with Gasteiger partial charge >= 0.3 is 0 Å². The largest absolute Gasteiger partial charge is 0.308 e. The van der Waals surface area contributed by atoms with Crippen molar-refractivity contribution in [1.29, 1.82) is 0 Å². The van der Waals surface area contributed by atoms with Crippen LogP contribution >= 0.6 is 11.6 Å². The maximum absolute atomic E-state index is 13.5. The predicted octanol–water partition coefficient (Wildman–Crippen LogP) is 3.00. The number of aryl methyl sites for hydroxylation is 1. The Kier molecular flexibility index (Phi) is 3.99. The van der Waals surface area contributed by atoms with E-state index in [4.69, 9.17) is 11.6 Å². The molecule has 1 aromatic heterocycles. The quantitative estimate of drug-likeness (QED) is 0.923. The molecule has 0 bridgehead atoms. The van der Waals surface area contributed by atoms with E-state index in [-0.39, 0.29) is 11.1 Å². The van der Waals surface area contributed by atoms with E-state index in [9.17, 15) is 4.39 Å². The number of nitrogens with one attached hydrogen (secondary N) is 1. The second-order valence-corrected chi connectivity index (χ2v) is 4.37. The van der Waals surface area contributed by atoms with E-state index in [2.05, 4.69) is 10.4 Å². The zero-order chi connectivity index (χ0) is 13.1. The van der Waals surface area contributed by atoms with Gasteiger partial charge in [-0.2, -0.15) is 5.10 Å². The minimum atomic E-state index is -0.406. The first kappa shape index (κ1) is 13.1. The van der Waals surface area contributed by atoms with Crippen LogP contribution in [0, 0.1) is 5.82 Å². The summed E-state index contributed by atoms with van der Waals surface area (Å²) in [6.45, 7) is 2.79. The molecule has 0 aliphatic carbocycles. The minimum Gasteiger partial charge on any atom is -0.308 e. The molecular weight excluding hydrogens is 253 g/mol. The number of nitrogens with zero attached hydrogens (tertiary/aromatic N) is 2. The second kappa shape index (κ2) is 5.50. The van der Waals surface area contributed by atoms with Gasteiger partial charge in [-0.05, 0) is 37.7 Å². The Morgan fingerprint density at radius 1 is 1.44 bits per heavy atom. The lowest BCUT2D eigenvalue weighted by atomic mass is 10.0. The molecule has 5 heteroatoms. The highest BCUT2D eigenvalue weighted by molar-refractivity contribution is 6.30. The molecule has 96 valence electrons. The Labute approximate surface area is 111 Å². The highest BCUT2D eigenvalue weighted by Gasteiger charge is 2.17. The van der Waals surface area contributed by atoms with E-state index < -0.39 is 5.82 Å². The number of hydrogen-bond acceptors (Lipinski definition) is 2. The summed E-state index contributed by atoms with van der Waals surface area (Å²) in [5, 5.41) is 7.53. The molecule has 0 aliphatic heterocycles. The molecule has 1 aromatic carbocycles. The molecule has 0 radical (unpaired) electrons. The molecule has 0 saturated heterocycles. The molecule has 1 heterocycles. The van der Waals surface area contributed by atoms with Crippen LogP contribution in [0.2, 0.25) is 5.02 Å². The van der Waals surface area contributed by atoms with Gasteiger partial charge in [-0.15, -0.1) is 0 Å². The highest BCUT2D eigenvalue weighted by Crippen LogP contribution is 2.25. The molecule has 2 rings (SSSR count). The standard InChI is InChI=1S/C13H15ClFN3/c1-3-18-12(6-7-17-18)13(16-2)9-4-5-10(14)11(15)8-9/h4-8,13,16H,3H2,1-2H3. The van der Waals surface area contributed by atoms with Crippen molar-refractivity contribution in [2.75, 3.05) is 7.05 Å². The van der Waals surface area contributed by atoms with Crippen LogP contribution in [0.25, 0.3) is 0 Å². The Bertz CT molecular complexity index is 539. The normalized spacial score (nSPS) is 12.7. The third kappa shape index (κ3) is 2.40. The van der Waals surface area contributed by atoms with Gasteiger partial charge < -0.3 is 5.32 Å². The molecule has 18 heavy (non-hydrogen) atoms. The lowest BCUT2D eigenvalue weighted by Gasteiger charge is -2.18. The van der Waals surface area contributed by atoms with E-state index in [1.165, 1.54) is 6.07 Å². The van der Waals surface area contributed by atoms with Crippen LogP contribution in [0.1, 0.15) is 24.2 Å². The Morgan fingerprint density at radius 2 is 2.22 bits per heavy atom. The third-order valence-electron chi connectivity index (χ3n) is 2.91. The molecule has 1 atom stereocenters. The average molecular weight is 268 g/mol. The van der Waals surface area contributed by atoms with Crippen molar-refractivity contribution >= 4 is 11.6 Å². The van der Waals surface area contributed by atoms with Crippen molar-refractivity contribution in [3.05, 3.63) is 52.6 Å². The summed E-state index contributed by atoms with van der Waals surface area (Å²) in [6.07, 6.45) is 1.75. The van der Waals surface area contributed by atoms with Crippen molar-refractivity contribution in [3.8, 4) is 0 Å². The molecule has 0 saturated carbocycles. The lowest BCUT2D eigenvalue weighted by Crippen LogP contribution is -2.21. The first-order valence-corrected chi connectivity index (χ1v) is 6.19. The van der Waals surface area contributed by atoms with Gasteiger partial charge in [0.05, 0.1) is 16.8 Å². The Hall–Kier alpha value is -1.39. The van der Waals surface area contributed by atoms with Gasteiger partial charge in [0, 0.05) is 12.7 Å². The van der Waals surface area contributed by atoms with Crippen LogP contribution in [0.3, 0.4) is 0 Å². The first-order chi connectivity index (χ1) is 8.67. The van der Waals surface area contributed by atoms with E-state index in [0.29, 0.717) is 0 Å². The summed E-state index contributed by atoms with van der Waals surface area (Å²) in [5.41, 5.74) is 1.83. The van der Waals surface area contributed by atoms with Crippen LogP contribution < -0.4 is 5.32 Å². The van der Waals surface area contributed by atoms with Crippen molar-refractivity contribution in [2.45, 2.75) is 19.5 Å². The fraction of sp³-hybridized carbons (Fsp3) is 0.308. The zero-order valence-electron chi connectivity index (χ0n) is 10.3. The van der Waals surface area contributed by atoms with Crippen LogP contribution in [0.5, 0.6) is 0 Å². The smallest absolute Gasteiger partial charge is 0.142 e. The van der Waals surface area contributed by atoms with Gasteiger partial charge in [0.1, 0.15) is 5.82 Å². The number of rotatable bonds is 4. The van der Waals surface area contributed by atoms with Gasteiger partial charge in [-0.1, -0.05) is 17.7 Å². The maximum atomic E-state index is 13.5. The molecule has 0 amide bonds. The topological polar surface area (TPSA) is 29.9 Å². The van der Waals surface area contributed by atoms with Crippen LogP contribution in [-0.4, -0.2) is 16.8 Å². The van der Waals surface area contributed by atoms with E-state index in [0.717, 1.165) is 17.8 Å². The molecule has 2 aromatic rings. The summed E-state index contributed by atoms with van der Waals surface area (Å²) < 4.78 is 15.4. The molecule has 0 spiro atoms. The average Bonchev–Trinajstić information content (AvgIpc) is 2.83. The summed E-state index contributed by atoms with van der Waals surface area (Å²) in [4.78, 5) is 0. The van der Waals surface area contributed by atoms with Gasteiger partial charge in [-0.25, -0.2) is 4.39 Å². The molecule has 1 unspecified atom stereocenters. The first-order valence-electron chi connectivity index (χ1n) is 5.81. The summed E-state index contributed by atoms with van der Waals surface area (Å²) in [6, 6.07) is 6.68. The predicted molar refractivity (Wildman–Crippen MR) is 70.2 cm³/mol. The van der Waals surface area contributed by atoms with E-state index >= 15 is 0 Å².